The molecule has 0 aromatic carbocycles. The number of anilines is 2. The van der Waals surface area contributed by atoms with E-state index in [1.165, 1.54) is 30.6 Å². The fourth-order valence-corrected chi connectivity index (χ4v) is 2.75. The predicted molar refractivity (Wildman–Crippen MR) is 76.2 cm³/mol. The Hall–Kier alpha value is -2.28. The molecule has 7 heteroatoms. The van der Waals surface area contributed by atoms with Gasteiger partial charge in [0, 0.05) is 10.9 Å². The predicted octanol–water partition coefficient (Wildman–Crippen LogP) is 2.58. The van der Waals surface area contributed by atoms with Crippen LogP contribution in [0.2, 0.25) is 0 Å². The van der Waals surface area contributed by atoms with Crippen molar-refractivity contribution >= 4 is 34.1 Å². The van der Waals surface area contributed by atoms with Crippen LogP contribution in [0.5, 0.6) is 0 Å². The highest BCUT2D eigenvalue weighted by molar-refractivity contribution is 7.16. The number of nitrogens with one attached hydrogen (secondary N) is 1. The monoisotopic (exact) mass is 294 g/mol. The summed E-state index contributed by atoms with van der Waals surface area (Å²) in [7, 11) is 1.30. The average molecular weight is 294 g/mol. The Kier molecular flexibility index (Phi) is 3.80. The van der Waals surface area contributed by atoms with Crippen molar-refractivity contribution in [2.75, 3.05) is 18.2 Å². The van der Waals surface area contributed by atoms with Crippen LogP contribution in [-0.4, -0.2) is 19.0 Å². The van der Waals surface area contributed by atoms with E-state index in [0.29, 0.717) is 10.6 Å². The second-order valence-electron chi connectivity index (χ2n) is 4.14. The molecule has 0 bridgehead atoms. The Balaban J connectivity index is 2.32. The second-order valence-corrected chi connectivity index (χ2v) is 5.36. The highest BCUT2D eigenvalue weighted by Crippen LogP contribution is 2.33. The smallest absolute Gasteiger partial charge is 0.341 e. The maximum atomic E-state index is 12.0. The van der Waals surface area contributed by atoms with Crippen LogP contribution in [0.3, 0.4) is 0 Å². The number of methoxy groups -OCH3 is 1. The summed E-state index contributed by atoms with van der Waals surface area (Å²) in [6.07, 6.45) is 0. The number of hydrogen-bond acceptors (Lipinski definition) is 6. The van der Waals surface area contributed by atoms with Crippen molar-refractivity contribution in [3.63, 3.8) is 0 Å². The van der Waals surface area contributed by atoms with Crippen LogP contribution in [0.1, 0.15) is 31.4 Å². The summed E-state index contributed by atoms with van der Waals surface area (Å²) in [5, 5.41) is 3.08. The fraction of sp³-hybridized carbons (Fsp3) is 0.231. The van der Waals surface area contributed by atoms with Crippen molar-refractivity contribution in [2.24, 2.45) is 0 Å². The molecule has 0 unspecified atom stereocenters. The lowest BCUT2D eigenvalue weighted by Crippen LogP contribution is -2.13. The van der Waals surface area contributed by atoms with Crippen molar-refractivity contribution in [3.8, 4) is 0 Å². The number of nitrogen functional groups attached to an aromatic ring is 1. The van der Waals surface area contributed by atoms with Gasteiger partial charge in [0.1, 0.15) is 5.00 Å². The summed E-state index contributed by atoms with van der Waals surface area (Å²) in [5.74, 6) is -0.710. The van der Waals surface area contributed by atoms with Crippen molar-refractivity contribution < 1.29 is 18.7 Å². The van der Waals surface area contributed by atoms with Gasteiger partial charge in [-0.2, -0.15) is 0 Å². The van der Waals surface area contributed by atoms with Crippen LogP contribution in [0.4, 0.5) is 10.9 Å². The van der Waals surface area contributed by atoms with Crippen molar-refractivity contribution in [1.82, 2.24) is 0 Å². The molecule has 0 aliphatic rings. The first-order valence-corrected chi connectivity index (χ1v) is 6.60. The van der Waals surface area contributed by atoms with Crippen LogP contribution >= 0.6 is 11.3 Å². The van der Waals surface area contributed by atoms with Gasteiger partial charge in [0.2, 0.25) is 0 Å². The summed E-state index contributed by atoms with van der Waals surface area (Å²) in [6, 6.07) is 2.96. The number of aryl methyl sites for hydroxylation is 1. The first-order chi connectivity index (χ1) is 9.43. The van der Waals surface area contributed by atoms with Crippen LogP contribution in [-0.2, 0) is 4.74 Å². The molecule has 2 heterocycles. The first-order valence-electron chi connectivity index (χ1n) is 5.79. The van der Waals surface area contributed by atoms with Gasteiger partial charge in [-0.1, -0.05) is 0 Å². The number of hydrogen-bond donors (Lipinski definition) is 2. The van der Waals surface area contributed by atoms with Gasteiger partial charge in [-0.15, -0.1) is 11.3 Å². The molecule has 0 saturated carbocycles. The van der Waals surface area contributed by atoms with E-state index in [1.807, 2.05) is 6.92 Å². The van der Waals surface area contributed by atoms with E-state index in [0.717, 1.165) is 10.4 Å². The van der Waals surface area contributed by atoms with Gasteiger partial charge in [0.15, 0.2) is 11.6 Å². The highest BCUT2D eigenvalue weighted by Gasteiger charge is 2.22. The summed E-state index contributed by atoms with van der Waals surface area (Å²) >= 11 is 1.31. The number of amides is 1. The standard InChI is InChI=1S/C13H14N2O4S/c1-6-7(2)20-12(10(6)13(17)18-3)15-11(16)8-4-5-9(14)19-8/h4-5H,14H2,1-3H3,(H,15,16). The Morgan fingerprint density at radius 1 is 1.35 bits per heavy atom. The van der Waals surface area contributed by atoms with E-state index in [-0.39, 0.29) is 11.6 Å². The maximum Gasteiger partial charge on any atom is 0.341 e. The largest absolute Gasteiger partial charge is 0.465 e. The van der Waals surface area contributed by atoms with E-state index in [1.54, 1.807) is 6.92 Å². The van der Waals surface area contributed by atoms with Gasteiger partial charge in [-0.25, -0.2) is 4.79 Å². The fourth-order valence-electron chi connectivity index (χ4n) is 1.70. The summed E-state index contributed by atoms with van der Waals surface area (Å²) in [4.78, 5) is 24.7. The molecule has 0 spiro atoms. The van der Waals surface area contributed by atoms with Crippen molar-refractivity contribution in [3.05, 3.63) is 33.9 Å². The normalized spacial score (nSPS) is 10.3. The van der Waals surface area contributed by atoms with Crippen molar-refractivity contribution in [1.29, 1.82) is 0 Å². The minimum absolute atomic E-state index is 0.0852. The average Bonchev–Trinajstić information content (AvgIpc) is 2.94. The molecule has 0 aliphatic carbocycles. The zero-order valence-corrected chi connectivity index (χ0v) is 12.1. The molecule has 1 amide bonds. The number of carbonyl (C=O) groups is 2. The zero-order chi connectivity index (χ0) is 14.9. The number of ether oxygens (including phenoxy) is 1. The van der Waals surface area contributed by atoms with E-state index in [2.05, 4.69) is 5.32 Å². The number of rotatable bonds is 3. The van der Waals surface area contributed by atoms with Gasteiger partial charge in [0.25, 0.3) is 5.91 Å². The van der Waals surface area contributed by atoms with Gasteiger partial charge >= 0.3 is 5.97 Å². The van der Waals surface area contributed by atoms with E-state index < -0.39 is 11.9 Å². The van der Waals surface area contributed by atoms with E-state index >= 15 is 0 Å². The lowest BCUT2D eigenvalue weighted by Gasteiger charge is -2.04. The topological polar surface area (TPSA) is 94.6 Å². The lowest BCUT2D eigenvalue weighted by atomic mass is 10.1. The Morgan fingerprint density at radius 3 is 2.60 bits per heavy atom. The zero-order valence-electron chi connectivity index (χ0n) is 11.3. The van der Waals surface area contributed by atoms with Gasteiger partial charge in [0.05, 0.1) is 12.7 Å². The quantitative estimate of drug-likeness (QED) is 0.848. The first kappa shape index (κ1) is 14.1. The van der Waals surface area contributed by atoms with E-state index in [9.17, 15) is 9.59 Å². The number of furan rings is 1. The SMILES string of the molecule is COC(=O)c1c(NC(=O)c2ccc(N)o2)sc(C)c1C. The molecule has 3 N–H and O–H groups in total. The molecule has 0 aliphatic heterocycles. The summed E-state index contributed by atoms with van der Waals surface area (Å²) in [5.41, 5.74) is 6.57. The maximum absolute atomic E-state index is 12.0. The lowest BCUT2D eigenvalue weighted by molar-refractivity contribution is 0.0601. The molecule has 20 heavy (non-hydrogen) atoms. The molecule has 0 fully saturated rings. The van der Waals surface area contributed by atoms with Gasteiger partial charge in [-0.05, 0) is 25.5 Å². The molecule has 2 aromatic heterocycles. The molecule has 6 nitrogen and oxygen atoms in total. The number of esters is 1. The Labute approximate surface area is 119 Å². The van der Waals surface area contributed by atoms with Crippen molar-refractivity contribution in [2.45, 2.75) is 13.8 Å². The molecule has 0 atom stereocenters. The Bertz CT molecular complexity index is 672. The number of nitrogens with two attached hydrogens (primary N) is 1. The summed E-state index contributed by atoms with van der Waals surface area (Å²) < 4.78 is 9.77. The number of carbonyl (C=O) groups excluding carboxylic acids is 2. The highest BCUT2D eigenvalue weighted by atomic mass is 32.1. The third-order valence-corrected chi connectivity index (χ3v) is 3.98. The Morgan fingerprint density at radius 2 is 2.05 bits per heavy atom. The molecule has 0 saturated heterocycles. The molecule has 0 radical (unpaired) electrons. The van der Waals surface area contributed by atoms with Crippen LogP contribution in [0.15, 0.2) is 16.5 Å². The van der Waals surface area contributed by atoms with Crippen LogP contribution in [0.25, 0.3) is 0 Å². The minimum Gasteiger partial charge on any atom is -0.465 e. The molecule has 2 aromatic rings. The third kappa shape index (κ3) is 2.53. The molecular weight excluding hydrogens is 280 g/mol. The minimum atomic E-state index is -0.485. The second kappa shape index (κ2) is 5.38. The van der Waals surface area contributed by atoms with E-state index in [4.69, 9.17) is 14.9 Å². The molecule has 106 valence electrons. The molecular formula is C13H14N2O4S. The van der Waals surface area contributed by atoms with Crippen LogP contribution < -0.4 is 11.1 Å². The molecule has 2 rings (SSSR count). The van der Waals surface area contributed by atoms with Gasteiger partial charge in [-0.3, -0.25) is 4.79 Å². The summed E-state index contributed by atoms with van der Waals surface area (Å²) in [6.45, 7) is 3.67. The van der Waals surface area contributed by atoms with Crippen LogP contribution in [0, 0.1) is 13.8 Å². The van der Waals surface area contributed by atoms with Gasteiger partial charge < -0.3 is 20.2 Å². The number of thiophene rings is 1. The third-order valence-electron chi connectivity index (χ3n) is 2.85.